The lowest BCUT2D eigenvalue weighted by molar-refractivity contribution is -0.00460. The van der Waals surface area contributed by atoms with Gasteiger partial charge in [0.1, 0.15) is 0 Å². The lowest BCUT2D eigenvalue weighted by atomic mass is 9.86. The first kappa shape index (κ1) is 17.9. The van der Waals surface area contributed by atoms with Crippen molar-refractivity contribution in [2.75, 3.05) is 20.8 Å². The number of methoxy groups -OCH3 is 2. The number of ether oxygens (including phenoxy) is 2. The second-order valence-corrected chi connectivity index (χ2v) is 5.43. The SMILES string of the molecule is CCCCC(CC)CC(OC)C(CCC)COC. The molecule has 0 bridgehead atoms. The molecule has 3 unspecified atom stereocenters. The van der Waals surface area contributed by atoms with E-state index in [1.165, 1.54) is 44.9 Å². The van der Waals surface area contributed by atoms with Crippen LogP contribution in [-0.4, -0.2) is 26.9 Å². The summed E-state index contributed by atoms with van der Waals surface area (Å²) < 4.78 is 11.1. The third-order valence-electron chi connectivity index (χ3n) is 3.98. The molecule has 0 N–H and O–H groups in total. The second-order valence-electron chi connectivity index (χ2n) is 5.43. The van der Waals surface area contributed by atoms with E-state index in [0.29, 0.717) is 12.0 Å². The third-order valence-corrected chi connectivity index (χ3v) is 3.98. The van der Waals surface area contributed by atoms with Crippen LogP contribution in [0.25, 0.3) is 0 Å². The molecule has 0 amide bonds. The predicted octanol–water partition coefficient (Wildman–Crippen LogP) is 4.67. The molecule has 0 aliphatic carbocycles. The van der Waals surface area contributed by atoms with Crippen molar-refractivity contribution in [3.63, 3.8) is 0 Å². The van der Waals surface area contributed by atoms with Gasteiger partial charge in [-0.3, -0.25) is 0 Å². The molecule has 0 aliphatic heterocycles. The fraction of sp³-hybridized carbons (Fsp3) is 1.00. The van der Waals surface area contributed by atoms with Crippen molar-refractivity contribution in [1.82, 2.24) is 0 Å². The molecule has 0 spiro atoms. The summed E-state index contributed by atoms with van der Waals surface area (Å²) in [5, 5.41) is 0. The summed E-state index contributed by atoms with van der Waals surface area (Å²) in [4.78, 5) is 0. The van der Waals surface area contributed by atoms with E-state index in [1.54, 1.807) is 7.11 Å². The van der Waals surface area contributed by atoms with Crippen LogP contribution < -0.4 is 0 Å². The Bertz CT molecular complexity index is 164. The van der Waals surface area contributed by atoms with E-state index in [2.05, 4.69) is 20.8 Å². The van der Waals surface area contributed by atoms with Crippen LogP contribution in [0.5, 0.6) is 0 Å². The molecule has 0 aromatic heterocycles. The lowest BCUT2D eigenvalue weighted by Crippen LogP contribution is -2.29. The average Bonchev–Trinajstić information content (AvgIpc) is 2.39. The molecule has 2 heteroatoms. The highest BCUT2D eigenvalue weighted by atomic mass is 16.5. The van der Waals surface area contributed by atoms with Crippen molar-refractivity contribution in [3.05, 3.63) is 0 Å². The van der Waals surface area contributed by atoms with E-state index in [9.17, 15) is 0 Å². The molecule has 3 atom stereocenters. The maximum absolute atomic E-state index is 5.75. The molecule has 0 heterocycles. The van der Waals surface area contributed by atoms with Gasteiger partial charge in [-0.05, 0) is 18.8 Å². The lowest BCUT2D eigenvalue weighted by Gasteiger charge is -2.28. The number of rotatable bonds is 12. The number of unbranched alkanes of at least 4 members (excludes halogenated alkanes) is 1. The van der Waals surface area contributed by atoms with Crippen molar-refractivity contribution in [2.24, 2.45) is 11.8 Å². The van der Waals surface area contributed by atoms with Crippen molar-refractivity contribution in [3.8, 4) is 0 Å². The van der Waals surface area contributed by atoms with E-state index in [0.717, 1.165) is 12.5 Å². The van der Waals surface area contributed by atoms with Crippen LogP contribution in [0.2, 0.25) is 0 Å². The van der Waals surface area contributed by atoms with Crippen LogP contribution in [0, 0.1) is 11.8 Å². The van der Waals surface area contributed by atoms with Crippen molar-refractivity contribution < 1.29 is 9.47 Å². The van der Waals surface area contributed by atoms with Crippen molar-refractivity contribution in [2.45, 2.75) is 71.8 Å². The fourth-order valence-electron chi connectivity index (χ4n) is 2.75. The summed E-state index contributed by atoms with van der Waals surface area (Å²) in [5.74, 6) is 1.37. The molecule has 0 fully saturated rings. The van der Waals surface area contributed by atoms with Gasteiger partial charge in [0.25, 0.3) is 0 Å². The third kappa shape index (κ3) is 7.38. The molecule has 0 aromatic carbocycles. The number of hydrogen-bond acceptors (Lipinski definition) is 2. The Labute approximate surface area is 114 Å². The molecule has 2 nitrogen and oxygen atoms in total. The van der Waals surface area contributed by atoms with Crippen LogP contribution >= 0.6 is 0 Å². The van der Waals surface area contributed by atoms with Gasteiger partial charge in [0, 0.05) is 20.1 Å². The minimum atomic E-state index is 0.367. The minimum Gasteiger partial charge on any atom is -0.384 e. The summed E-state index contributed by atoms with van der Waals surface area (Å²) >= 11 is 0. The molecular weight excluding hydrogens is 224 g/mol. The molecule has 0 radical (unpaired) electrons. The predicted molar refractivity (Wildman–Crippen MR) is 79.0 cm³/mol. The molecule has 0 saturated heterocycles. The van der Waals surface area contributed by atoms with Crippen LogP contribution in [0.4, 0.5) is 0 Å². The van der Waals surface area contributed by atoms with Gasteiger partial charge in [0.2, 0.25) is 0 Å². The van der Waals surface area contributed by atoms with Gasteiger partial charge < -0.3 is 9.47 Å². The van der Waals surface area contributed by atoms with Gasteiger partial charge >= 0.3 is 0 Å². The summed E-state index contributed by atoms with van der Waals surface area (Å²) in [5.41, 5.74) is 0. The maximum Gasteiger partial charge on any atom is 0.0624 e. The Hall–Kier alpha value is -0.0800. The van der Waals surface area contributed by atoms with Gasteiger partial charge in [-0.15, -0.1) is 0 Å². The molecular formula is C16H34O2. The van der Waals surface area contributed by atoms with Crippen LogP contribution in [0.3, 0.4) is 0 Å². The van der Waals surface area contributed by atoms with Gasteiger partial charge in [0.05, 0.1) is 12.7 Å². The van der Waals surface area contributed by atoms with Gasteiger partial charge in [-0.25, -0.2) is 0 Å². The van der Waals surface area contributed by atoms with E-state index in [1.807, 2.05) is 7.11 Å². The molecule has 0 aliphatic rings. The highest BCUT2D eigenvalue weighted by molar-refractivity contribution is 4.73. The molecule has 0 rings (SSSR count). The molecule has 0 aromatic rings. The standard InChI is InChI=1S/C16H34O2/c1-6-9-11-14(8-3)12-16(18-5)15(10-7-2)13-17-4/h14-16H,6-13H2,1-5H3. The van der Waals surface area contributed by atoms with Crippen molar-refractivity contribution in [1.29, 1.82) is 0 Å². The first-order valence-corrected chi connectivity index (χ1v) is 7.75. The van der Waals surface area contributed by atoms with Crippen LogP contribution in [0.15, 0.2) is 0 Å². The Morgan fingerprint density at radius 2 is 1.67 bits per heavy atom. The summed E-state index contributed by atoms with van der Waals surface area (Å²) in [6.45, 7) is 7.64. The van der Waals surface area contributed by atoms with E-state index < -0.39 is 0 Å². The minimum absolute atomic E-state index is 0.367. The molecule has 0 saturated carbocycles. The van der Waals surface area contributed by atoms with Gasteiger partial charge in [0.15, 0.2) is 0 Å². The Kier molecular flexibility index (Phi) is 11.9. The molecule has 110 valence electrons. The van der Waals surface area contributed by atoms with Gasteiger partial charge in [-0.2, -0.15) is 0 Å². The first-order valence-electron chi connectivity index (χ1n) is 7.75. The zero-order chi connectivity index (χ0) is 13.8. The summed E-state index contributed by atoms with van der Waals surface area (Å²) in [6, 6.07) is 0. The zero-order valence-corrected chi connectivity index (χ0v) is 13.2. The first-order chi connectivity index (χ1) is 8.73. The normalized spacial score (nSPS) is 16.5. The van der Waals surface area contributed by atoms with E-state index in [4.69, 9.17) is 9.47 Å². The highest BCUT2D eigenvalue weighted by Crippen LogP contribution is 2.26. The van der Waals surface area contributed by atoms with Crippen LogP contribution in [-0.2, 0) is 9.47 Å². The topological polar surface area (TPSA) is 18.5 Å². The second kappa shape index (κ2) is 12.0. The van der Waals surface area contributed by atoms with Gasteiger partial charge in [-0.1, -0.05) is 52.9 Å². The average molecular weight is 258 g/mol. The molecule has 18 heavy (non-hydrogen) atoms. The Balaban J connectivity index is 4.32. The Morgan fingerprint density at radius 1 is 0.944 bits per heavy atom. The summed E-state index contributed by atoms with van der Waals surface area (Å²) in [7, 11) is 3.65. The maximum atomic E-state index is 5.75. The van der Waals surface area contributed by atoms with Crippen molar-refractivity contribution >= 4 is 0 Å². The van der Waals surface area contributed by atoms with E-state index in [-0.39, 0.29) is 0 Å². The monoisotopic (exact) mass is 258 g/mol. The summed E-state index contributed by atoms with van der Waals surface area (Å²) in [6.07, 6.45) is 9.23. The smallest absolute Gasteiger partial charge is 0.0624 e. The van der Waals surface area contributed by atoms with Crippen LogP contribution in [0.1, 0.15) is 65.7 Å². The quantitative estimate of drug-likeness (QED) is 0.506. The number of hydrogen-bond donors (Lipinski definition) is 0. The largest absolute Gasteiger partial charge is 0.384 e. The van der Waals surface area contributed by atoms with E-state index >= 15 is 0 Å². The highest BCUT2D eigenvalue weighted by Gasteiger charge is 2.23. The zero-order valence-electron chi connectivity index (χ0n) is 13.2. The fourth-order valence-corrected chi connectivity index (χ4v) is 2.75. The Morgan fingerprint density at radius 3 is 2.11 bits per heavy atom.